The lowest BCUT2D eigenvalue weighted by atomic mass is 9.93. The number of aryl methyl sites for hydroxylation is 1. The van der Waals surface area contributed by atoms with Crippen molar-refractivity contribution in [3.8, 4) is 5.75 Å². The van der Waals surface area contributed by atoms with Crippen molar-refractivity contribution in [2.24, 2.45) is 5.92 Å². The van der Waals surface area contributed by atoms with E-state index in [1.807, 2.05) is 11.8 Å². The topological polar surface area (TPSA) is 96.0 Å². The van der Waals surface area contributed by atoms with Gasteiger partial charge >= 0.3 is 0 Å². The molecule has 0 aliphatic carbocycles. The van der Waals surface area contributed by atoms with Crippen LogP contribution in [0.25, 0.3) is 0 Å². The molecular weight excluding hydrogens is 442 g/mol. The summed E-state index contributed by atoms with van der Waals surface area (Å²) in [5, 5.41) is 2.81. The lowest BCUT2D eigenvalue weighted by Crippen LogP contribution is -2.51. The number of hydrogen-bond donors (Lipinski definition) is 1. The molecule has 0 radical (unpaired) electrons. The van der Waals surface area contributed by atoms with Gasteiger partial charge in [0.2, 0.25) is 15.9 Å². The van der Waals surface area contributed by atoms with Crippen LogP contribution in [0.15, 0.2) is 17.0 Å². The van der Waals surface area contributed by atoms with Gasteiger partial charge in [0.1, 0.15) is 5.75 Å². The highest BCUT2D eigenvalue weighted by molar-refractivity contribution is 7.89. The number of rotatable bonds is 5. The molecule has 2 fully saturated rings. The van der Waals surface area contributed by atoms with Crippen LogP contribution in [0.2, 0.25) is 0 Å². The minimum atomic E-state index is -3.81. The molecule has 3 aliphatic rings. The standard InChI is InChI=1S/C24H35N3O5S/c1-4-18-10-6-7-12-27(18)24(29)17-9-8-11-26(15-17)33(30,31)22-14-21-19(13-16(22)3)25-23(28)20(5-2)32-21/h13-14,17-18,20H,4-12,15H2,1-3H3,(H,25,28)/t17-,18+,20+/m1/s1. The van der Waals surface area contributed by atoms with E-state index in [2.05, 4.69) is 12.2 Å². The van der Waals surface area contributed by atoms with Crippen molar-refractivity contribution in [1.29, 1.82) is 0 Å². The van der Waals surface area contributed by atoms with E-state index in [-0.39, 0.29) is 35.2 Å². The number of ether oxygens (including phenoxy) is 1. The highest BCUT2D eigenvalue weighted by atomic mass is 32.2. The van der Waals surface area contributed by atoms with Crippen LogP contribution < -0.4 is 10.1 Å². The van der Waals surface area contributed by atoms with Crippen molar-refractivity contribution in [2.45, 2.75) is 82.8 Å². The summed E-state index contributed by atoms with van der Waals surface area (Å²) in [7, 11) is -3.81. The summed E-state index contributed by atoms with van der Waals surface area (Å²) >= 11 is 0. The number of benzene rings is 1. The van der Waals surface area contributed by atoms with Gasteiger partial charge in [0, 0.05) is 31.7 Å². The number of carbonyl (C=O) groups is 2. The van der Waals surface area contributed by atoms with Crippen LogP contribution >= 0.6 is 0 Å². The monoisotopic (exact) mass is 477 g/mol. The molecule has 182 valence electrons. The number of carbonyl (C=O) groups excluding carboxylic acids is 2. The first-order valence-corrected chi connectivity index (χ1v) is 13.6. The molecule has 0 spiro atoms. The maximum Gasteiger partial charge on any atom is 0.265 e. The van der Waals surface area contributed by atoms with Gasteiger partial charge in [-0.05, 0) is 63.5 Å². The summed E-state index contributed by atoms with van der Waals surface area (Å²) in [5.41, 5.74) is 1.03. The second-order valence-electron chi connectivity index (χ2n) is 9.41. The van der Waals surface area contributed by atoms with E-state index in [1.165, 1.54) is 10.4 Å². The van der Waals surface area contributed by atoms with Crippen molar-refractivity contribution < 1.29 is 22.7 Å². The maximum absolute atomic E-state index is 13.6. The number of nitrogens with one attached hydrogen (secondary N) is 1. The molecular formula is C24H35N3O5S. The van der Waals surface area contributed by atoms with Gasteiger partial charge in [0.15, 0.2) is 6.10 Å². The van der Waals surface area contributed by atoms with Crippen LogP contribution in [0.5, 0.6) is 5.75 Å². The Labute approximate surface area is 196 Å². The second kappa shape index (κ2) is 9.62. The van der Waals surface area contributed by atoms with Crippen molar-refractivity contribution in [1.82, 2.24) is 9.21 Å². The molecule has 3 aliphatic heterocycles. The van der Waals surface area contributed by atoms with Gasteiger partial charge in [-0.15, -0.1) is 0 Å². The Morgan fingerprint density at radius 2 is 1.91 bits per heavy atom. The molecule has 8 nitrogen and oxygen atoms in total. The van der Waals surface area contributed by atoms with Crippen LogP contribution in [0.1, 0.15) is 64.4 Å². The third-order valence-corrected chi connectivity index (χ3v) is 9.21. The average molecular weight is 478 g/mol. The Morgan fingerprint density at radius 1 is 1.12 bits per heavy atom. The van der Waals surface area contributed by atoms with Crippen LogP contribution in [0.4, 0.5) is 5.69 Å². The predicted octanol–water partition coefficient (Wildman–Crippen LogP) is 3.30. The fraction of sp³-hybridized carbons (Fsp3) is 0.667. The molecule has 0 aromatic heterocycles. The number of piperidine rings is 2. The molecule has 1 N–H and O–H groups in total. The van der Waals surface area contributed by atoms with Gasteiger partial charge in [0.25, 0.3) is 5.91 Å². The third kappa shape index (κ3) is 4.62. The van der Waals surface area contributed by atoms with Crippen molar-refractivity contribution in [3.63, 3.8) is 0 Å². The minimum absolute atomic E-state index is 0.0976. The van der Waals surface area contributed by atoms with Gasteiger partial charge in [-0.3, -0.25) is 9.59 Å². The van der Waals surface area contributed by atoms with E-state index in [1.54, 1.807) is 13.0 Å². The first-order chi connectivity index (χ1) is 15.8. The number of hydrogen-bond acceptors (Lipinski definition) is 5. The zero-order valence-corrected chi connectivity index (χ0v) is 20.6. The molecule has 2 saturated heterocycles. The lowest BCUT2D eigenvalue weighted by molar-refractivity contribution is -0.140. The van der Waals surface area contributed by atoms with E-state index in [0.717, 1.165) is 32.2 Å². The number of anilines is 1. The lowest BCUT2D eigenvalue weighted by Gasteiger charge is -2.40. The molecule has 3 atom stereocenters. The summed E-state index contributed by atoms with van der Waals surface area (Å²) in [5.74, 6) is -0.0612. The summed E-state index contributed by atoms with van der Waals surface area (Å²) in [6.45, 7) is 7.05. The van der Waals surface area contributed by atoms with Crippen LogP contribution in [0.3, 0.4) is 0 Å². The second-order valence-corrected chi connectivity index (χ2v) is 11.3. The zero-order chi connectivity index (χ0) is 23.8. The van der Waals surface area contributed by atoms with Gasteiger partial charge in [0.05, 0.1) is 16.5 Å². The highest BCUT2D eigenvalue weighted by Crippen LogP contribution is 2.37. The molecule has 1 aromatic rings. The Hall–Kier alpha value is -2.13. The predicted molar refractivity (Wildman–Crippen MR) is 126 cm³/mol. The fourth-order valence-electron chi connectivity index (χ4n) is 5.28. The first-order valence-electron chi connectivity index (χ1n) is 12.2. The van der Waals surface area contributed by atoms with E-state index >= 15 is 0 Å². The molecule has 9 heteroatoms. The Kier molecular flexibility index (Phi) is 7.00. The summed E-state index contributed by atoms with van der Waals surface area (Å²) < 4.78 is 34.5. The van der Waals surface area contributed by atoms with Gasteiger partial charge in [-0.25, -0.2) is 8.42 Å². The Bertz CT molecular complexity index is 1030. The average Bonchev–Trinajstić information content (AvgIpc) is 2.82. The molecule has 0 bridgehead atoms. The van der Waals surface area contributed by atoms with E-state index in [0.29, 0.717) is 42.8 Å². The van der Waals surface area contributed by atoms with Crippen molar-refractivity contribution >= 4 is 27.5 Å². The first kappa shape index (κ1) is 24.0. The molecule has 0 saturated carbocycles. The quantitative estimate of drug-likeness (QED) is 0.702. The SMILES string of the molecule is CC[C@H]1CCCCN1C(=O)[C@@H]1CCCN(S(=O)(=O)c2cc3c(cc2C)NC(=O)[C@H](CC)O3)C1. The molecule has 1 aromatic carbocycles. The molecule has 4 rings (SSSR count). The smallest absolute Gasteiger partial charge is 0.265 e. The van der Waals surface area contributed by atoms with Gasteiger partial charge < -0.3 is 15.0 Å². The molecule has 33 heavy (non-hydrogen) atoms. The van der Waals surface area contributed by atoms with Crippen molar-refractivity contribution in [2.75, 3.05) is 25.0 Å². The van der Waals surface area contributed by atoms with Crippen LogP contribution in [0, 0.1) is 12.8 Å². The van der Waals surface area contributed by atoms with Crippen LogP contribution in [-0.4, -0.2) is 61.2 Å². The Morgan fingerprint density at radius 3 is 2.64 bits per heavy atom. The summed E-state index contributed by atoms with van der Waals surface area (Å²) in [4.78, 5) is 27.6. The summed E-state index contributed by atoms with van der Waals surface area (Å²) in [6.07, 6.45) is 5.36. The van der Waals surface area contributed by atoms with Gasteiger partial charge in [-0.2, -0.15) is 4.31 Å². The number of sulfonamides is 1. The maximum atomic E-state index is 13.6. The number of fused-ring (bicyclic) bond motifs is 1. The normalized spacial score (nSPS) is 26.3. The Balaban J connectivity index is 1.56. The molecule has 2 amide bonds. The fourth-order valence-corrected chi connectivity index (χ4v) is 7.03. The number of nitrogens with zero attached hydrogens (tertiary/aromatic N) is 2. The number of likely N-dealkylation sites (tertiary alicyclic amines) is 1. The summed E-state index contributed by atoms with van der Waals surface area (Å²) in [6, 6.07) is 3.43. The van der Waals surface area contributed by atoms with E-state index in [9.17, 15) is 18.0 Å². The highest BCUT2D eigenvalue weighted by Gasteiger charge is 2.38. The third-order valence-electron chi connectivity index (χ3n) is 7.20. The van der Waals surface area contributed by atoms with E-state index in [4.69, 9.17) is 4.74 Å². The van der Waals surface area contributed by atoms with E-state index < -0.39 is 16.1 Å². The molecule has 0 unspecified atom stereocenters. The largest absolute Gasteiger partial charge is 0.478 e. The van der Waals surface area contributed by atoms with Crippen LogP contribution in [-0.2, 0) is 19.6 Å². The minimum Gasteiger partial charge on any atom is -0.478 e. The number of amides is 2. The van der Waals surface area contributed by atoms with Crippen molar-refractivity contribution in [3.05, 3.63) is 17.7 Å². The van der Waals surface area contributed by atoms with Gasteiger partial charge in [-0.1, -0.05) is 13.8 Å². The zero-order valence-electron chi connectivity index (χ0n) is 19.8. The molecule has 3 heterocycles.